The number of carbonyl (C=O) groups excluding carboxylic acids is 1. The summed E-state index contributed by atoms with van der Waals surface area (Å²) >= 11 is 0. The van der Waals surface area contributed by atoms with Crippen LogP contribution < -0.4 is 11.1 Å². The molecule has 0 aliphatic carbocycles. The lowest BCUT2D eigenvalue weighted by Gasteiger charge is -2.16. The van der Waals surface area contributed by atoms with Crippen LogP contribution in [0, 0.1) is 5.92 Å². The Hall–Kier alpha value is -1.55. The van der Waals surface area contributed by atoms with Crippen LogP contribution >= 0.6 is 0 Å². The summed E-state index contributed by atoms with van der Waals surface area (Å²) in [5, 5.41) is 12.1. The van der Waals surface area contributed by atoms with Crippen molar-refractivity contribution < 1.29 is 9.90 Å². The Morgan fingerprint density at radius 1 is 1.26 bits per heavy atom. The smallest absolute Gasteiger partial charge is 0.237 e. The zero-order valence-electron chi connectivity index (χ0n) is 11.7. The van der Waals surface area contributed by atoms with E-state index in [9.17, 15) is 9.90 Å². The molecule has 4 heteroatoms. The molecule has 1 atom stereocenters. The fourth-order valence-electron chi connectivity index (χ4n) is 1.93. The van der Waals surface area contributed by atoms with E-state index >= 15 is 0 Å². The number of carbonyl (C=O) groups is 1. The number of nitrogens with two attached hydrogens (primary N) is 1. The summed E-state index contributed by atoms with van der Waals surface area (Å²) in [7, 11) is 0. The highest BCUT2D eigenvalue weighted by Crippen LogP contribution is 2.11. The highest BCUT2D eigenvalue weighted by molar-refractivity contribution is 5.81. The molecule has 0 aromatic heterocycles. The molecule has 0 unspecified atom stereocenters. The number of phenols is 1. The summed E-state index contributed by atoms with van der Waals surface area (Å²) < 4.78 is 0. The van der Waals surface area contributed by atoms with Crippen LogP contribution in [0.15, 0.2) is 24.3 Å². The van der Waals surface area contributed by atoms with Gasteiger partial charge in [0.2, 0.25) is 5.91 Å². The Kier molecular flexibility index (Phi) is 6.36. The van der Waals surface area contributed by atoms with E-state index in [1.54, 1.807) is 24.3 Å². The molecule has 106 valence electrons. The third-order valence-corrected chi connectivity index (χ3v) is 3.45. The molecule has 0 bridgehead atoms. The van der Waals surface area contributed by atoms with Gasteiger partial charge in [0, 0.05) is 6.54 Å². The third-order valence-electron chi connectivity index (χ3n) is 3.45. The standard InChI is InChI=1S/C15H24N2O2/c1-3-11(4-2)10-17-15(19)14(16)9-12-5-7-13(18)8-6-12/h5-8,11,14,18H,3-4,9-10,16H2,1-2H3,(H,17,19)/t14-/m1/s1. The lowest BCUT2D eigenvalue weighted by Crippen LogP contribution is -2.43. The van der Waals surface area contributed by atoms with Gasteiger partial charge in [0.1, 0.15) is 5.75 Å². The summed E-state index contributed by atoms with van der Waals surface area (Å²) in [5.74, 6) is 0.625. The third kappa shape index (κ3) is 5.30. The van der Waals surface area contributed by atoms with Gasteiger partial charge < -0.3 is 16.2 Å². The van der Waals surface area contributed by atoms with Gasteiger partial charge in [0.05, 0.1) is 6.04 Å². The molecule has 0 saturated carbocycles. The Labute approximate surface area is 115 Å². The topological polar surface area (TPSA) is 75.4 Å². The molecule has 0 heterocycles. The first-order valence-electron chi connectivity index (χ1n) is 6.88. The number of benzene rings is 1. The molecule has 0 aliphatic rings. The van der Waals surface area contributed by atoms with Crippen LogP contribution in [0.25, 0.3) is 0 Å². The predicted octanol–water partition coefficient (Wildman–Crippen LogP) is 1.81. The molecule has 4 nitrogen and oxygen atoms in total. The number of amides is 1. The summed E-state index contributed by atoms with van der Waals surface area (Å²) in [6.07, 6.45) is 2.60. The van der Waals surface area contributed by atoms with Gasteiger partial charge in [-0.1, -0.05) is 38.8 Å². The van der Waals surface area contributed by atoms with Crippen LogP contribution in [0.2, 0.25) is 0 Å². The fraction of sp³-hybridized carbons (Fsp3) is 0.533. The van der Waals surface area contributed by atoms with Crippen molar-refractivity contribution >= 4 is 5.91 Å². The molecule has 1 aromatic rings. The second-order valence-electron chi connectivity index (χ2n) is 4.90. The minimum atomic E-state index is -0.543. The van der Waals surface area contributed by atoms with E-state index in [2.05, 4.69) is 19.2 Å². The predicted molar refractivity (Wildman–Crippen MR) is 76.9 cm³/mol. The largest absolute Gasteiger partial charge is 0.508 e. The number of phenolic OH excluding ortho intramolecular Hbond substituents is 1. The van der Waals surface area contributed by atoms with Crippen molar-refractivity contribution in [2.24, 2.45) is 11.7 Å². The minimum absolute atomic E-state index is 0.111. The van der Waals surface area contributed by atoms with Gasteiger partial charge in [0.15, 0.2) is 0 Å². The first kappa shape index (κ1) is 15.5. The first-order chi connectivity index (χ1) is 9.06. The summed E-state index contributed by atoms with van der Waals surface area (Å²) in [4.78, 5) is 11.9. The molecule has 0 radical (unpaired) electrons. The van der Waals surface area contributed by atoms with Crippen molar-refractivity contribution in [3.63, 3.8) is 0 Å². The normalized spacial score (nSPS) is 12.4. The number of aromatic hydroxyl groups is 1. The molecule has 19 heavy (non-hydrogen) atoms. The molecule has 0 aliphatic heterocycles. The van der Waals surface area contributed by atoms with Gasteiger partial charge in [-0.25, -0.2) is 0 Å². The second kappa shape index (κ2) is 7.79. The van der Waals surface area contributed by atoms with Gasteiger partial charge in [-0.05, 0) is 30.0 Å². The average molecular weight is 264 g/mol. The van der Waals surface area contributed by atoms with Crippen molar-refractivity contribution in [2.75, 3.05) is 6.54 Å². The summed E-state index contributed by atoms with van der Waals surface area (Å²) in [6.45, 7) is 4.93. The Morgan fingerprint density at radius 3 is 2.37 bits per heavy atom. The van der Waals surface area contributed by atoms with Gasteiger partial charge in [-0.3, -0.25) is 4.79 Å². The molecule has 4 N–H and O–H groups in total. The van der Waals surface area contributed by atoms with E-state index in [1.165, 1.54) is 0 Å². The SMILES string of the molecule is CCC(CC)CNC(=O)[C@H](N)Cc1ccc(O)cc1. The van der Waals surface area contributed by atoms with Gasteiger partial charge >= 0.3 is 0 Å². The van der Waals surface area contributed by atoms with Crippen LogP contribution in [0.3, 0.4) is 0 Å². The lowest BCUT2D eigenvalue weighted by molar-refractivity contribution is -0.122. The van der Waals surface area contributed by atoms with E-state index in [1.807, 2.05) is 0 Å². The molecule has 0 saturated heterocycles. The quantitative estimate of drug-likeness (QED) is 0.703. The van der Waals surface area contributed by atoms with Crippen LogP contribution in [-0.4, -0.2) is 23.6 Å². The highest BCUT2D eigenvalue weighted by Gasteiger charge is 2.15. The first-order valence-corrected chi connectivity index (χ1v) is 6.88. The van der Waals surface area contributed by atoms with Crippen LogP contribution in [0.5, 0.6) is 5.75 Å². The zero-order chi connectivity index (χ0) is 14.3. The van der Waals surface area contributed by atoms with Crippen molar-refractivity contribution in [1.82, 2.24) is 5.32 Å². The van der Waals surface area contributed by atoms with E-state index in [0.717, 1.165) is 18.4 Å². The second-order valence-corrected chi connectivity index (χ2v) is 4.90. The van der Waals surface area contributed by atoms with E-state index in [0.29, 0.717) is 18.9 Å². The molecule has 0 fully saturated rings. The fourth-order valence-corrected chi connectivity index (χ4v) is 1.93. The van der Waals surface area contributed by atoms with E-state index in [4.69, 9.17) is 5.73 Å². The monoisotopic (exact) mass is 264 g/mol. The molecule has 1 rings (SSSR count). The maximum Gasteiger partial charge on any atom is 0.237 e. The Balaban J connectivity index is 2.42. The molecule has 1 aromatic carbocycles. The van der Waals surface area contributed by atoms with Crippen LogP contribution in [-0.2, 0) is 11.2 Å². The van der Waals surface area contributed by atoms with E-state index in [-0.39, 0.29) is 11.7 Å². The maximum atomic E-state index is 11.9. The molecule has 0 spiro atoms. The summed E-state index contributed by atoms with van der Waals surface area (Å²) in [6, 6.07) is 6.22. The zero-order valence-corrected chi connectivity index (χ0v) is 11.7. The van der Waals surface area contributed by atoms with Gasteiger partial charge in [-0.2, -0.15) is 0 Å². The number of rotatable bonds is 7. The molecule has 1 amide bonds. The van der Waals surface area contributed by atoms with Crippen molar-refractivity contribution in [3.05, 3.63) is 29.8 Å². The van der Waals surface area contributed by atoms with Crippen molar-refractivity contribution in [3.8, 4) is 5.75 Å². The van der Waals surface area contributed by atoms with Crippen LogP contribution in [0.4, 0.5) is 0 Å². The Bertz CT molecular complexity index is 386. The minimum Gasteiger partial charge on any atom is -0.508 e. The maximum absolute atomic E-state index is 11.9. The Morgan fingerprint density at radius 2 is 1.84 bits per heavy atom. The molecular weight excluding hydrogens is 240 g/mol. The summed E-state index contributed by atoms with van der Waals surface area (Å²) in [5.41, 5.74) is 6.83. The lowest BCUT2D eigenvalue weighted by atomic mass is 10.0. The van der Waals surface area contributed by atoms with Crippen LogP contribution in [0.1, 0.15) is 32.3 Å². The van der Waals surface area contributed by atoms with Gasteiger partial charge in [0.25, 0.3) is 0 Å². The van der Waals surface area contributed by atoms with E-state index < -0.39 is 6.04 Å². The number of hydrogen-bond acceptors (Lipinski definition) is 3. The highest BCUT2D eigenvalue weighted by atomic mass is 16.3. The average Bonchev–Trinajstić information content (AvgIpc) is 2.42. The van der Waals surface area contributed by atoms with Crippen molar-refractivity contribution in [2.45, 2.75) is 39.2 Å². The van der Waals surface area contributed by atoms with Crippen molar-refractivity contribution in [1.29, 1.82) is 0 Å². The van der Waals surface area contributed by atoms with Gasteiger partial charge in [-0.15, -0.1) is 0 Å². The molecular formula is C15H24N2O2. The number of hydrogen-bond donors (Lipinski definition) is 3. The number of nitrogens with one attached hydrogen (secondary N) is 1.